The molecule has 0 saturated heterocycles. The Balaban J connectivity index is 2.18. The highest BCUT2D eigenvalue weighted by Gasteiger charge is 2.02. The van der Waals surface area contributed by atoms with Crippen LogP contribution in [0.25, 0.3) is 0 Å². The van der Waals surface area contributed by atoms with Crippen molar-refractivity contribution in [1.29, 1.82) is 0 Å². The van der Waals surface area contributed by atoms with Crippen molar-refractivity contribution in [3.63, 3.8) is 0 Å². The van der Waals surface area contributed by atoms with Crippen molar-refractivity contribution < 1.29 is 0 Å². The van der Waals surface area contributed by atoms with E-state index in [2.05, 4.69) is 15.2 Å². The summed E-state index contributed by atoms with van der Waals surface area (Å²) in [4.78, 5) is 5.24. The molecule has 4 nitrogen and oxygen atoms in total. The molecule has 5 heteroatoms. The van der Waals surface area contributed by atoms with Gasteiger partial charge in [0.05, 0.1) is 0 Å². The highest BCUT2D eigenvalue weighted by molar-refractivity contribution is 7.99. The summed E-state index contributed by atoms with van der Waals surface area (Å²) in [6.45, 7) is 1.87. The maximum Gasteiger partial charge on any atom is 0.213 e. The molecule has 0 unspecified atom stereocenters. The minimum absolute atomic E-state index is 0.716. The van der Waals surface area contributed by atoms with E-state index in [0.29, 0.717) is 5.16 Å². The molecule has 14 heavy (non-hydrogen) atoms. The highest BCUT2D eigenvalue weighted by atomic mass is 32.2. The maximum absolute atomic E-state index is 5.66. The molecule has 2 rings (SSSR count). The van der Waals surface area contributed by atoms with Gasteiger partial charge in [-0.2, -0.15) is 0 Å². The predicted octanol–water partition coefficient (Wildman–Crippen LogP) is 1.85. The SMILES string of the molecule is Cc1nc(Sc2cccc(N)c2)n[nH]1. The molecule has 0 saturated carbocycles. The molecule has 0 aliphatic rings. The average Bonchev–Trinajstić information content (AvgIpc) is 2.51. The second kappa shape index (κ2) is 3.71. The number of aryl methyl sites for hydroxylation is 1. The lowest BCUT2D eigenvalue weighted by molar-refractivity contribution is 0.969. The van der Waals surface area contributed by atoms with Crippen molar-refractivity contribution in [2.75, 3.05) is 5.73 Å². The summed E-state index contributed by atoms with van der Waals surface area (Å²) < 4.78 is 0. The van der Waals surface area contributed by atoms with Crippen molar-refractivity contribution >= 4 is 17.4 Å². The average molecular weight is 206 g/mol. The van der Waals surface area contributed by atoms with E-state index in [1.54, 1.807) is 0 Å². The number of hydrogen-bond donors (Lipinski definition) is 2. The third-order valence-corrected chi connectivity index (χ3v) is 2.50. The summed E-state index contributed by atoms with van der Waals surface area (Å²) in [5.41, 5.74) is 6.41. The van der Waals surface area contributed by atoms with Gasteiger partial charge in [0.1, 0.15) is 5.82 Å². The van der Waals surface area contributed by atoms with Crippen LogP contribution in [0.3, 0.4) is 0 Å². The molecule has 2 aromatic rings. The number of aromatic nitrogens is 3. The minimum atomic E-state index is 0.716. The van der Waals surface area contributed by atoms with Gasteiger partial charge in [-0.15, -0.1) is 5.10 Å². The van der Waals surface area contributed by atoms with Crippen LogP contribution in [-0.4, -0.2) is 15.2 Å². The van der Waals surface area contributed by atoms with Crippen molar-refractivity contribution in [2.24, 2.45) is 0 Å². The second-order valence-electron chi connectivity index (χ2n) is 2.88. The number of nitrogen functional groups attached to an aromatic ring is 1. The summed E-state index contributed by atoms with van der Waals surface area (Å²) in [5.74, 6) is 0.816. The Bertz CT molecular complexity index is 438. The standard InChI is InChI=1S/C9H10N4S/c1-6-11-9(13-12-6)14-8-4-2-3-7(10)5-8/h2-5H,10H2,1H3,(H,11,12,13). The van der Waals surface area contributed by atoms with Gasteiger partial charge in [0, 0.05) is 10.6 Å². The van der Waals surface area contributed by atoms with Crippen molar-refractivity contribution in [3.8, 4) is 0 Å². The molecule has 0 aliphatic carbocycles. The number of nitrogens with zero attached hydrogens (tertiary/aromatic N) is 2. The Morgan fingerprint density at radius 3 is 2.93 bits per heavy atom. The van der Waals surface area contributed by atoms with E-state index in [-0.39, 0.29) is 0 Å². The van der Waals surface area contributed by atoms with Gasteiger partial charge in [-0.1, -0.05) is 6.07 Å². The lowest BCUT2D eigenvalue weighted by atomic mass is 10.3. The van der Waals surface area contributed by atoms with Gasteiger partial charge in [0.15, 0.2) is 0 Å². The van der Waals surface area contributed by atoms with Crippen LogP contribution in [0.1, 0.15) is 5.82 Å². The Kier molecular flexibility index (Phi) is 2.41. The topological polar surface area (TPSA) is 67.6 Å². The molecular weight excluding hydrogens is 196 g/mol. The molecule has 0 atom stereocenters. The van der Waals surface area contributed by atoms with Crippen molar-refractivity contribution in [3.05, 3.63) is 30.1 Å². The lowest BCUT2D eigenvalue weighted by Crippen LogP contribution is -1.84. The van der Waals surface area contributed by atoms with Gasteiger partial charge in [-0.05, 0) is 36.9 Å². The molecule has 1 aromatic heterocycles. The molecule has 0 bridgehead atoms. The number of nitrogens with one attached hydrogen (secondary N) is 1. The summed E-state index contributed by atoms with van der Waals surface area (Å²) in [6.07, 6.45) is 0. The van der Waals surface area contributed by atoms with Gasteiger partial charge >= 0.3 is 0 Å². The van der Waals surface area contributed by atoms with E-state index in [9.17, 15) is 0 Å². The van der Waals surface area contributed by atoms with Crippen LogP contribution in [-0.2, 0) is 0 Å². The van der Waals surface area contributed by atoms with Crippen molar-refractivity contribution in [2.45, 2.75) is 17.0 Å². The zero-order chi connectivity index (χ0) is 9.97. The van der Waals surface area contributed by atoms with Crippen molar-refractivity contribution in [1.82, 2.24) is 15.2 Å². The highest BCUT2D eigenvalue weighted by Crippen LogP contribution is 2.25. The van der Waals surface area contributed by atoms with Crippen LogP contribution < -0.4 is 5.73 Å². The van der Waals surface area contributed by atoms with Gasteiger partial charge in [0.25, 0.3) is 0 Å². The Morgan fingerprint density at radius 2 is 2.29 bits per heavy atom. The monoisotopic (exact) mass is 206 g/mol. The molecule has 0 spiro atoms. The van der Waals surface area contributed by atoms with E-state index >= 15 is 0 Å². The third kappa shape index (κ3) is 2.05. The molecule has 0 fully saturated rings. The Hall–Kier alpha value is -1.49. The number of anilines is 1. The fourth-order valence-corrected chi connectivity index (χ4v) is 1.88. The van der Waals surface area contributed by atoms with E-state index in [0.717, 1.165) is 16.4 Å². The molecule has 3 N–H and O–H groups in total. The normalized spacial score (nSPS) is 10.4. The van der Waals surface area contributed by atoms with Crippen LogP contribution in [0, 0.1) is 6.92 Å². The van der Waals surface area contributed by atoms with E-state index < -0.39 is 0 Å². The van der Waals surface area contributed by atoms with E-state index in [1.165, 1.54) is 11.8 Å². The molecular formula is C9H10N4S. The van der Waals surface area contributed by atoms with Gasteiger partial charge in [-0.3, -0.25) is 5.10 Å². The fourth-order valence-electron chi connectivity index (χ4n) is 1.05. The van der Waals surface area contributed by atoms with Crippen LogP contribution in [0.5, 0.6) is 0 Å². The number of aromatic amines is 1. The number of H-pyrrole nitrogens is 1. The predicted molar refractivity (Wildman–Crippen MR) is 56.1 cm³/mol. The maximum atomic E-state index is 5.66. The first-order chi connectivity index (χ1) is 6.74. The van der Waals surface area contributed by atoms with Gasteiger partial charge < -0.3 is 5.73 Å². The quantitative estimate of drug-likeness (QED) is 0.736. The van der Waals surface area contributed by atoms with Crippen LogP contribution in [0.15, 0.2) is 34.3 Å². The number of benzene rings is 1. The van der Waals surface area contributed by atoms with Crippen LogP contribution in [0.2, 0.25) is 0 Å². The van der Waals surface area contributed by atoms with Crippen LogP contribution in [0.4, 0.5) is 5.69 Å². The first-order valence-electron chi connectivity index (χ1n) is 4.16. The minimum Gasteiger partial charge on any atom is -0.399 e. The summed E-state index contributed by atoms with van der Waals surface area (Å²) in [6, 6.07) is 7.65. The molecule has 0 amide bonds. The molecule has 1 heterocycles. The number of nitrogens with two attached hydrogens (primary N) is 1. The largest absolute Gasteiger partial charge is 0.399 e. The smallest absolute Gasteiger partial charge is 0.213 e. The zero-order valence-corrected chi connectivity index (χ0v) is 8.51. The number of hydrogen-bond acceptors (Lipinski definition) is 4. The summed E-state index contributed by atoms with van der Waals surface area (Å²) in [5, 5.41) is 7.53. The molecule has 1 aromatic carbocycles. The first-order valence-corrected chi connectivity index (χ1v) is 4.98. The second-order valence-corrected chi connectivity index (χ2v) is 3.92. The Morgan fingerprint density at radius 1 is 1.43 bits per heavy atom. The van der Waals surface area contributed by atoms with Crippen LogP contribution >= 0.6 is 11.8 Å². The molecule has 0 radical (unpaired) electrons. The van der Waals surface area contributed by atoms with Gasteiger partial charge in [-0.25, -0.2) is 4.98 Å². The third-order valence-electron chi connectivity index (χ3n) is 1.64. The molecule has 72 valence electrons. The molecule has 0 aliphatic heterocycles. The summed E-state index contributed by atoms with van der Waals surface area (Å²) in [7, 11) is 0. The lowest BCUT2D eigenvalue weighted by Gasteiger charge is -1.97. The fraction of sp³-hybridized carbons (Fsp3) is 0.111. The van der Waals surface area contributed by atoms with E-state index in [1.807, 2.05) is 31.2 Å². The van der Waals surface area contributed by atoms with Gasteiger partial charge in [0.2, 0.25) is 5.16 Å². The Labute approximate surface area is 85.9 Å². The number of rotatable bonds is 2. The summed E-state index contributed by atoms with van der Waals surface area (Å²) >= 11 is 1.49. The van der Waals surface area contributed by atoms with E-state index in [4.69, 9.17) is 5.73 Å². The first kappa shape index (κ1) is 9.08. The zero-order valence-electron chi connectivity index (χ0n) is 7.69.